The van der Waals surface area contributed by atoms with Crippen molar-refractivity contribution in [2.24, 2.45) is 0 Å². The molecule has 0 bridgehead atoms. The van der Waals surface area contributed by atoms with Crippen LogP contribution in [0.25, 0.3) is 0 Å². The summed E-state index contributed by atoms with van der Waals surface area (Å²) in [6.45, 7) is 1.88. The fourth-order valence-electron chi connectivity index (χ4n) is 1.53. The number of benzene rings is 2. The SMILES string of the molecule is CC(Br)c1cccc(Oc2ccccc2)c1F. The van der Waals surface area contributed by atoms with Crippen LogP contribution in [-0.2, 0) is 0 Å². The Bertz CT molecular complexity index is 497. The van der Waals surface area contributed by atoms with Crippen LogP contribution in [0.1, 0.15) is 17.3 Å². The van der Waals surface area contributed by atoms with Gasteiger partial charge in [-0.15, -0.1) is 0 Å². The van der Waals surface area contributed by atoms with E-state index in [1.165, 1.54) is 0 Å². The highest BCUT2D eigenvalue weighted by atomic mass is 79.9. The predicted molar refractivity (Wildman–Crippen MR) is 70.3 cm³/mol. The average molecular weight is 295 g/mol. The summed E-state index contributed by atoms with van der Waals surface area (Å²) in [5.41, 5.74) is 0.596. The van der Waals surface area contributed by atoms with Gasteiger partial charge < -0.3 is 4.74 Å². The molecule has 0 heterocycles. The smallest absolute Gasteiger partial charge is 0.170 e. The summed E-state index contributed by atoms with van der Waals surface area (Å²) < 4.78 is 19.6. The van der Waals surface area contributed by atoms with Gasteiger partial charge in [-0.2, -0.15) is 0 Å². The van der Waals surface area contributed by atoms with Gasteiger partial charge in [0.1, 0.15) is 5.75 Å². The molecule has 17 heavy (non-hydrogen) atoms. The number of para-hydroxylation sites is 1. The second-order valence-electron chi connectivity index (χ2n) is 3.69. The van der Waals surface area contributed by atoms with Crippen molar-refractivity contribution in [1.29, 1.82) is 0 Å². The molecule has 0 aliphatic heterocycles. The standard InChI is InChI=1S/C14H12BrFO/c1-10(15)12-8-5-9-13(14(12)16)17-11-6-3-2-4-7-11/h2-10H,1H3. The van der Waals surface area contributed by atoms with Crippen molar-refractivity contribution in [3.8, 4) is 11.5 Å². The molecule has 0 saturated carbocycles. The molecule has 0 amide bonds. The summed E-state index contributed by atoms with van der Waals surface area (Å²) in [6, 6.07) is 14.3. The largest absolute Gasteiger partial charge is 0.454 e. The van der Waals surface area contributed by atoms with Crippen molar-refractivity contribution in [3.05, 3.63) is 59.9 Å². The van der Waals surface area contributed by atoms with Gasteiger partial charge >= 0.3 is 0 Å². The van der Waals surface area contributed by atoms with Gasteiger partial charge in [-0.1, -0.05) is 46.3 Å². The van der Waals surface area contributed by atoms with Crippen LogP contribution in [0.2, 0.25) is 0 Å². The summed E-state index contributed by atoms with van der Waals surface area (Å²) >= 11 is 3.36. The highest BCUT2D eigenvalue weighted by Crippen LogP contribution is 2.31. The van der Waals surface area contributed by atoms with Crippen LogP contribution in [0, 0.1) is 5.82 Å². The van der Waals surface area contributed by atoms with Gasteiger partial charge in [-0.25, -0.2) is 4.39 Å². The second kappa shape index (κ2) is 5.32. The molecule has 3 heteroatoms. The molecule has 0 aliphatic carbocycles. The van der Waals surface area contributed by atoms with Crippen LogP contribution in [0.3, 0.4) is 0 Å². The monoisotopic (exact) mass is 294 g/mol. The van der Waals surface area contributed by atoms with Crippen molar-refractivity contribution >= 4 is 15.9 Å². The number of hydrogen-bond donors (Lipinski definition) is 0. The summed E-state index contributed by atoms with van der Waals surface area (Å²) in [6.07, 6.45) is 0. The van der Waals surface area contributed by atoms with E-state index in [2.05, 4.69) is 15.9 Å². The minimum absolute atomic E-state index is 0.0400. The number of hydrogen-bond acceptors (Lipinski definition) is 1. The van der Waals surface area contributed by atoms with E-state index in [-0.39, 0.29) is 16.4 Å². The Morgan fingerprint density at radius 2 is 1.76 bits per heavy atom. The van der Waals surface area contributed by atoms with E-state index >= 15 is 0 Å². The van der Waals surface area contributed by atoms with Gasteiger partial charge in [0, 0.05) is 10.4 Å². The van der Waals surface area contributed by atoms with E-state index in [0.717, 1.165) is 0 Å². The molecule has 0 radical (unpaired) electrons. The first-order valence-electron chi connectivity index (χ1n) is 5.34. The zero-order valence-corrected chi connectivity index (χ0v) is 10.9. The number of rotatable bonds is 3. The van der Waals surface area contributed by atoms with Crippen molar-refractivity contribution in [2.45, 2.75) is 11.8 Å². The molecule has 0 spiro atoms. The third-order valence-corrected chi connectivity index (χ3v) is 2.89. The molecule has 2 aromatic rings. The summed E-state index contributed by atoms with van der Waals surface area (Å²) in [7, 11) is 0. The van der Waals surface area contributed by atoms with E-state index in [9.17, 15) is 4.39 Å². The van der Waals surface area contributed by atoms with E-state index in [1.807, 2.05) is 25.1 Å². The maximum Gasteiger partial charge on any atom is 0.170 e. The van der Waals surface area contributed by atoms with Crippen LogP contribution in [0.5, 0.6) is 11.5 Å². The van der Waals surface area contributed by atoms with Crippen LogP contribution in [-0.4, -0.2) is 0 Å². The third-order valence-electron chi connectivity index (χ3n) is 2.39. The molecule has 0 aliphatic rings. The quantitative estimate of drug-likeness (QED) is 0.718. The third kappa shape index (κ3) is 2.86. The number of ether oxygens (including phenoxy) is 1. The average Bonchev–Trinajstić information content (AvgIpc) is 2.33. The molecule has 0 aromatic heterocycles. The van der Waals surface area contributed by atoms with Crippen molar-refractivity contribution in [3.63, 3.8) is 0 Å². The van der Waals surface area contributed by atoms with Crippen molar-refractivity contribution < 1.29 is 9.13 Å². The molecule has 1 nitrogen and oxygen atoms in total. The normalized spacial score (nSPS) is 12.2. The lowest BCUT2D eigenvalue weighted by Crippen LogP contribution is -1.94. The van der Waals surface area contributed by atoms with Gasteiger partial charge in [0.25, 0.3) is 0 Å². The topological polar surface area (TPSA) is 9.23 Å². The summed E-state index contributed by atoms with van der Waals surface area (Å²) in [4.78, 5) is -0.0400. The lowest BCUT2D eigenvalue weighted by atomic mass is 10.1. The highest BCUT2D eigenvalue weighted by Gasteiger charge is 2.13. The molecule has 1 unspecified atom stereocenters. The lowest BCUT2D eigenvalue weighted by molar-refractivity contribution is 0.439. The van der Waals surface area contributed by atoms with Crippen LogP contribution in [0.4, 0.5) is 4.39 Å². The van der Waals surface area contributed by atoms with Crippen molar-refractivity contribution in [2.75, 3.05) is 0 Å². The Morgan fingerprint density at radius 3 is 2.41 bits per heavy atom. The Kier molecular flexibility index (Phi) is 3.79. The molecule has 2 aromatic carbocycles. The molecule has 0 fully saturated rings. The zero-order valence-electron chi connectivity index (χ0n) is 9.36. The van der Waals surface area contributed by atoms with Gasteiger partial charge in [-0.3, -0.25) is 0 Å². The second-order valence-corrected chi connectivity index (χ2v) is 5.06. The molecular weight excluding hydrogens is 283 g/mol. The molecular formula is C14H12BrFO. The fraction of sp³-hybridized carbons (Fsp3) is 0.143. The molecule has 2 rings (SSSR count). The van der Waals surface area contributed by atoms with Gasteiger partial charge in [0.2, 0.25) is 0 Å². The van der Waals surface area contributed by atoms with Crippen LogP contribution >= 0.6 is 15.9 Å². The number of halogens is 2. The fourth-order valence-corrected chi connectivity index (χ4v) is 1.88. The van der Waals surface area contributed by atoms with Crippen LogP contribution < -0.4 is 4.74 Å². The highest BCUT2D eigenvalue weighted by molar-refractivity contribution is 9.09. The first kappa shape index (κ1) is 12.1. The Labute approximate surface area is 108 Å². The maximum absolute atomic E-state index is 14.1. The Morgan fingerprint density at radius 1 is 1.06 bits per heavy atom. The predicted octanol–water partition coefficient (Wildman–Crippen LogP) is 5.07. The number of alkyl halides is 1. The molecule has 0 saturated heterocycles. The van der Waals surface area contributed by atoms with E-state index in [0.29, 0.717) is 11.3 Å². The van der Waals surface area contributed by atoms with Gasteiger partial charge in [0.15, 0.2) is 11.6 Å². The molecule has 0 N–H and O–H groups in total. The molecule has 1 atom stereocenters. The first-order chi connectivity index (χ1) is 8.18. The minimum Gasteiger partial charge on any atom is -0.454 e. The van der Waals surface area contributed by atoms with Crippen LogP contribution in [0.15, 0.2) is 48.5 Å². The van der Waals surface area contributed by atoms with Crippen molar-refractivity contribution in [1.82, 2.24) is 0 Å². The molecule has 88 valence electrons. The lowest BCUT2D eigenvalue weighted by Gasteiger charge is -2.11. The summed E-state index contributed by atoms with van der Waals surface area (Å²) in [5, 5.41) is 0. The first-order valence-corrected chi connectivity index (χ1v) is 6.25. The van der Waals surface area contributed by atoms with Gasteiger partial charge in [-0.05, 0) is 25.1 Å². The minimum atomic E-state index is -0.319. The van der Waals surface area contributed by atoms with E-state index in [1.54, 1.807) is 30.3 Å². The Hall–Kier alpha value is -1.35. The van der Waals surface area contributed by atoms with E-state index in [4.69, 9.17) is 4.74 Å². The maximum atomic E-state index is 14.1. The van der Waals surface area contributed by atoms with Gasteiger partial charge in [0.05, 0.1) is 0 Å². The van der Waals surface area contributed by atoms with E-state index < -0.39 is 0 Å². The Balaban J connectivity index is 2.31. The zero-order chi connectivity index (χ0) is 12.3. The summed E-state index contributed by atoms with van der Waals surface area (Å²) in [5.74, 6) is 0.562.